The van der Waals surface area contributed by atoms with E-state index in [9.17, 15) is 23.1 Å². The molecule has 3 fully saturated rings. The number of likely N-dealkylation sites (tertiary alicyclic amines) is 1. The summed E-state index contributed by atoms with van der Waals surface area (Å²) in [6.07, 6.45) is 1.56. The van der Waals surface area contributed by atoms with Crippen molar-refractivity contribution in [2.75, 3.05) is 19.6 Å². The predicted octanol–water partition coefficient (Wildman–Crippen LogP) is 5.57. The Balaban J connectivity index is 1.18. The number of amides is 1. The molecule has 5 aliphatic rings. The molecule has 8 heteroatoms. The number of benzene rings is 2. The van der Waals surface area contributed by atoms with Gasteiger partial charge in [0.1, 0.15) is 17.6 Å². The normalized spacial score (nSPS) is 32.4. The monoisotopic (exact) mass is 579 g/mol. The third-order valence-electron chi connectivity index (χ3n) is 10.7. The third-order valence-corrected chi connectivity index (χ3v) is 10.7. The van der Waals surface area contributed by atoms with Crippen molar-refractivity contribution in [3.63, 3.8) is 0 Å². The predicted molar refractivity (Wildman–Crippen MR) is 152 cm³/mol. The molecule has 222 valence electrons. The van der Waals surface area contributed by atoms with E-state index in [2.05, 4.69) is 31.0 Å². The van der Waals surface area contributed by atoms with Crippen LogP contribution in [-0.2, 0) is 22.8 Å². The number of halogens is 3. The molecule has 2 bridgehead atoms. The summed E-state index contributed by atoms with van der Waals surface area (Å²) >= 11 is 0. The maximum absolute atomic E-state index is 13.0. The van der Waals surface area contributed by atoms with Crippen molar-refractivity contribution in [1.29, 1.82) is 0 Å². The molecule has 0 aromatic heterocycles. The first-order chi connectivity index (χ1) is 20.0. The number of piperidine rings is 1. The zero-order valence-electron chi connectivity index (χ0n) is 24.1. The molecule has 2 heterocycles. The number of quaternary nitrogens is 1. The van der Waals surface area contributed by atoms with Gasteiger partial charge in [-0.05, 0) is 62.1 Å². The fourth-order valence-corrected chi connectivity index (χ4v) is 9.20. The number of carbonyl (C=O) groups excluding carboxylic acids is 1. The van der Waals surface area contributed by atoms with E-state index in [1.54, 1.807) is 6.07 Å². The second-order valence-corrected chi connectivity index (χ2v) is 13.8. The number of hydrogen-bond donors (Lipinski definition) is 2. The molecule has 42 heavy (non-hydrogen) atoms. The van der Waals surface area contributed by atoms with Gasteiger partial charge in [-0.3, -0.25) is 4.79 Å². The summed E-state index contributed by atoms with van der Waals surface area (Å²) in [5, 5.41) is 14.2. The van der Waals surface area contributed by atoms with Gasteiger partial charge in [0.15, 0.2) is 0 Å². The smallest absolute Gasteiger partial charge is 0.416 e. The second-order valence-electron chi connectivity index (χ2n) is 13.8. The lowest BCUT2D eigenvalue weighted by Gasteiger charge is -2.63. The number of nitrogens with zero attached hydrogens (tertiary/aromatic N) is 1. The fourth-order valence-electron chi connectivity index (χ4n) is 9.20. The van der Waals surface area contributed by atoms with Crippen molar-refractivity contribution in [2.45, 2.75) is 82.2 Å². The molecule has 0 radical (unpaired) electrons. The highest BCUT2D eigenvalue weighted by Crippen LogP contribution is 2.64. The number of rotatable bonds is 5. The van der Waals surface area contributed by atoms with Crippen molar-refractivity contribution in [1.82, 2.24) is 5.32 Å². The molecule has 7 rings (SSSR count). The van der Waals surface area contributed by atoms with Gasteiger partial charge in [0, 0.05) is 53.2 Å². The molecule has 2 N–H and O–H groups in total. The van der Waals surface area contributed by atoms with Crippen molar-refractivity contribution < 1.29 is 32.3 Å². The maximum Gasteiger partial charge on any atom is 0.416 e. The lowest BCUT2D eigenvalue weighted by Crippen LogP contribution is -2.75. The minimum absolute atomic E-state index is 0.242. The van der Waals surface area contributed by atoms with Gasteiger partial charge in [0.25, 0.3) is 5.91 Å². The van der Waals surface area contributed by atoms with Gasteiger partial charge < -0.3 is 19.6 Å². The number of phenols is 1. The van der Waals surface area contributed by atoms with E-state index in [0.29, 0.717) is 29.2 Å². The van der Waals surface area contributed by atoms with Crippen LogP contribution in [0.3, 0.4) is 0 Å². The molecule has 2 aliphatic heterocycles. The Morgan fingerprint density at radius 3 is 2.60 bits per heavy atom. The van der Waals surface area contributed by atoms with Crippen LogP contribution in [0, 0.1) is 29.6 Å². The molecule has 1 unspecified atom stereocenters. The Labute approximate surface area is 245 Å². The number of ether oxygens (including phenoxy) is 1. The Morgan fingerprint density at radius 1 is 1.14 bits per heavy atom. The summed E-state index contributed by atoms with van der Waals surface area (Å²) < 4.78 is 46.5. The summed E-state index contributed by atoms with van der Waals surface area (Å²) in [5.41, 5.74) is 1.54. The Morgan fingerprint density at radius 2 is 1.90 bits per heavy atom. The average Bonchev–Trinajstić information content (AvgIpc) is 3.68. The van der Waals surface area contributed by atoms with Crippen molar-refractivity contribution >= 4 is 5.91 Å². The first-order valence-electron chi connectivity index (χ1n) is 15.4. The number of phenolic OH excluding ortho intramolecular Hbond substituents is 1. The molecule has 5 nitrogen and oxygen atoms in total. The van der Waals surface area contributed by atoms with Crippen LogP contribution < -0.4 is 10.1 Å². The third kappa shape index (κ3) is 4.38. The lowest BCUT2D eigenvalue weighted by molar-refractivity contribution is -0.966. The molecule has 6 atom stereocenters. The molecule has 3 aliphatic carbocycles. The van der Waals surface area contributed by atoms with Crippen LogP contribution in [0.2, 0.25) is 0 Å². The highest BCUT2D eigenvalue weighted by molar-refractivity contribution is 5.94. The van der Waals surface area contributed by atoms with Crippen LogP contribution in [0.25, 0.3) is 0 Å². The van der Waals surface area contributed by atoms with Crippen LogP contribution in [0.15, 0.2) is 36.4 Å². The Kier molecular flexibility index (Phi) is 6.36. The molecule has 2 aromatic rings. The number of alkyl halides is 3. The van der Waals surface area contributed by atoms with Crippen molar-refractivity contribution in [3.8, 4) is 23.3 Å². The second kappa shape index (κ2) is 9.67. The minimum atomic E-state index is -4.42. The summed E-state index contributed by atoms with van der Waals surface area (Å²) in [4.78, 5) is 13.0. The molecule has 1 amide bonds. The maximum atomic E-state index is 13.0. The van der Waals surface area contributed by atoms with Gasteiger partial charge in [-0.25, -0.2) is 0 Å². The van der Waals surface area contributed by atoms with Crippen molar-refractivity contribution in [3.05, 3.63) is 58.7 Å². The topological polar surface area (TPSA) is 58.6 Å². The highest BCUT2D eigenvalue weighted by Gasteiger charge is 2.70. The van der Waals surface area contributed by atoms with Gasteiger partial charge in [-0.1, -0.05) is 19.8 Å². The first kappa shape index (κ1) is 27.6. The number of carbonyl (C=O) groups is 1. The fraction of sp³-hybridized carbons (Fsp3) is 0.559. The molecule has 1 spiro atoms. The first-order valence-corrected chi connectivity index (χ1v) is 15.4. The molecule has 2 saturated carbocycles. The SMILES string of the molecule is CC(C)C[N+]1(CC2CC2)CC[C@@]23c4c5ccc(O)c4C[C@@H]1[C@@H]2CC[C@H](NC(=O)C#Cc1ccc(C(F)(F)F)cc1)[C@@H]3O5. The van der Waals surface area contributed by atoms with E-state index in [1.165, 1.54) is 31.5 Å². The van der Waals surface area contributed by atoms with Crippen molar-refractivity contribution in [2.24, 2.45) is 17.8 Å². The van der Waals surface area contributed by atoms with Gasteiger partial charge >= 0.3 is 6.18 Å². The number of hydrogen-bond acceptors (Lipinski definition) is 3. The number of aromatic hydroxyl groups is 1. The van der Waals surface area contributed by atoms with E-state index in [0.717, 1.165) is 78.2 Å². The Hall–Kier alpha value is -3.18. The molecular formula is C34H38F3N2O3+. The summed E-state index contributed by atoms with van der Waals surface area (Å²) in [6, 6.07) is 8.33. The van der Waals surface area contributed by atoms with Gasteiger partial charge in [0.05, 0.1) is 42.7 Å². The Bertz CT molecular complexity index is 1470. The van der Waals surface area contributed by atoms with Gasteiger partial charge in [0.2, 0.25) is 0 Å². The lowest BCUT2D eigenvalue weighted by atomic mass is 9.50. The zero-order chi connectivity index (χ0) is 29.4. The van der Waals surface area contributed by atoms with E-state index in [4.69, 9.17) is 4.74 Å². The molecule has 2 aromatic carbocycles. The summed E-state index contributed by atoms with van der Waals surface area (Å²) in [7, 11) is 0. The molecular weight excluding hydrogens is 541 g/mol. The van der Waals surface area contributed by atoms with Crippen LogP contribution in [0.1, 0.15) is 68.2 Å². The molecule has 1 saturated heterocycles. The quantitative estimate of drug-likeness (QED) is 0.360. The largest absolute Gasteiger partial charge is 0.508 e. The van der Waals surface area contributed by atoms with Crippen LogP contribution >= 0.6 is 0 Å². The van der Waals surface area contributed by atoms with E-state index < -0.39 is 17.6 Å². The standard InChI is InChI=1S/C34H37F3N2O3/c1-20(2)18-39(19-22-3-4-22)16-15-33-25-10-11-26(32(33)42-29-13-12-28(40)24(31(29)33)17-27(25)39)38-30(41)14-7-21-5-8-23(9-6-21)34(35,36)37/h5-6,8-9,12-13,20,22,25-27,32H,3-4,10-11,15-19H2,1-2H3,(H-,38,40,41)/p+1/t25-,26-,27+,32-,33-,39?/m0/s1. The zero-order valence-corrected chi connectivity index (χ0v) is 24.1. The average molecular weight is 580 g/mol. The van der Waals surface area contributed by atoms with Crippen LogP contribution in [0.5, 0.6) is 11.5 Å². The van der Waals surface area contributed by atoms with E-state index in [-0.39, 0.29) is 17.6 Å². The van der Waals surface area contributed by atoms with Crippen LogP contribution in [-0.4, -0.2) is 53.3 Å². The summed E-state index contributed by atoms with van der Waals surface area (Å²) in [6.45, 7) is 8.09. The van der Waals surface area contributed by atoms with E-state index in [1.807, 2.05) is 6.07 Å². The summed E-state index contributed by atoms with van der Waals surface area (Å²) in [5.74, 6) is 7.82. The minimum Gasteiger partial charge on any atom is -0.508 e. The highest BCUT2D eigenvalue weighted by atomic mass is 19.4. The van der Waals surface area contributed by atoms with Gasteiger partial charge in [-0.15, -0.1) is 0 Å². The van der Waals surface area contributed by atoms with Crippen LogP contribution in [0.4, 0.5) is 13.2 Å². The number of nitrogens with one attached hydrogen (secondary N) is 1. The van der Waals surface area contributed by atoms with Gasteiger partial charge in [-0.2, -0.15) is 13.2 Å². The van der Waals surface area contributed by atoms with E-state index >= 15 is 0 Å².